The van der Waals surface area contributed by atoms with Gasteiger partial charge in [0.25, 0.3) is 0 Å². The predicted octanol–water partition coefficient (Wildman–Crippen LogP) is 0.231. The molecule has 1 rings (SSSR count). The van der Waals surface area contributed by atoms with Gasteiger partial charge >= 0.3 is 12.0 Å². The molecule has 20 heavy (non-hydrogen) atoms. The average molecular weight is 288 g/mol. The number of piperidine rings is 1. The van der Waals surface area contributed by atoms with Crippen LogP contribution in [0.15, 0.2) is 0 Å². The van der Waals surface area contributed by atoms with Gasteiger partial charge in [-0.2, -0.15) is 0 Å². The Morgan fingerprint density at radius 1 is 1.50 bits per heavy atom. The highest BCUT2D eigenvalue weighted by Gasteiger charge is 2.36. The van der Waals surface area contributed by atoms with Crippen LogP contribution < -0.4 is 0 Å². The van der Waals surface area contributed by atoms with Crippen LogP contribution in [0.25, 0.3) is 0 Å². The highest BCUT2D eigenvalue weighted by Crippen LogP contribution is 2.23. The first-order valence-electron chi connectivity index (χ1n) is 6.78. The Morgan fingerprint density at radius 2 is 2.15 bits per heavy atom. The standard InChI is InChI=1S/C13H24N2O5/c1-9-4-5-15(11(6-9)12(17)18)13(19)14(2)7-10(16)8-20-3/h9-11,16H,4-8H2,1-3H3,(H,17,18). The number of carboxylic acid groups (broad SMARTS) is 1. The van der Waals surface area contributed by atoms with Crippen LogP contribution in [0.3, 0.4) is 0 Å². The molecule has 3 atom stereocenters. The van der Waals surface area contributed by atoms with Crippen molar-refractivity contribution >= 4 is 12.0 Å². The molecule has 0 saturated carbocycles. The van der Waals surface area contributed by atoms with E-state index in [0.29, 0.717) is 18.9 Å². The van der Waals surface area contributed by atoms with Crippen molar-refractivity contribution in [3.63, 3.8) is 0 Å². The van der Waals surface area contributed by atoms with E-state index in [1.807, 2.05) is 6.92 Å². The molecule has 7 heteroatoms. The van der Waals surface area contributed by atoms with Crippen LogP contribution in [0, 0.1) is 5.92 Å². The quantitative estimate of drug-likeness (QED) is 0.756. The van der Waals surface area contributed by atoms with Crippen LogP contribution in [0.4, 0.5) is 4.79 Å². The Morgan fingerprint density at radius 3 is 2.70 bits per heavy atom. The predicted molar refractivity (Wildman–Crippen MR) is 72.4 cm³/mol. The largest absolute Gasteiger partial charge is 0.480 e. The van der Waals surface area contributed by atoms with E-state index >= 15 is 0 Å². The molecule has 0 bridgehead atoms. The molecule has 3 unspecified atom stereocenters. The summed E-state index contributed by atoms with van der Waals surface area (Å²) in [5.41, 5.74) is 0. The molecule has 1 saturated heterocycles. The van der Waals surface area contributed by atoms with Gasteiger partial charge in [0.05, 0.1) is 19.3 Å². The van der Waals surface area contributed by atoms with Crippen LogP contribution in [0.2, 0.25) is 0 Å². The maximum Gasteiger partial charge on any atom is 0.326 e. The van der Waals surface area contributed by atoms with Crippen molar-refractivity contribution in [3.05, 3.63) is 0 Å². The Labute approximate surface area is 119 Å². The Hall–Kier alpha value is -1.34. The first-order chi connectivity index (χ1) is 9.36. The fourth-order valence-corrected chi connectivity index (χ4v) is 2.46. The maximum atomic E-state index is 12.3. The van der Waals surface area contributed by atoms with E-state index in [0.717, 1.165) is 6.42 Å². The fourth-order valence-electron chi connectivity index (χ4n) is 2.46. The van der Waals surface area contributed by atoms with E-state index in [-0.39, 0.29) is 19.2 Å². The van der Waals surface area contributed by atoms with Crippen molar-refractivity contribution in [2.45, 2.75) is 31.9 Å². The molecule has 0 aromatic carbocycles. The van der Waals surface area contributed by atoms with Crippen molar-refractivity contribution < 1.29 is 24.5 Å². The lowest BCUT2D eigenvalue weighted by molar-refractivity contribution is -0.144. The first-order valence-corrected chi connectivity index (χ1v) is 6.78. The van der Waals surface area contributed by atoms with Crippen LogP contribution in [0.5, 0.6) is 0 Å². The van der Waals surface area contributed by atoms with Gasteiger partial charge in [-0.1, -0.05) is 6.92 Å². The van der Waals surface area contributed by atoms with Crippen LogP contribution in [0.1, 0.15) is 19.8 Å². The second-order valence-corrected chi connectivity index (χ2v) is 5.45. The number of nitrogens with zero attached hydrogens (tertiary/aromatic N) is 2. The molecule has 1 aliphatic rings. The van der Waals surface area contributed by atoms with E-state index in [1.54, 1.807) is 7.05 Å². The number of likely N-dealkylation sites (N-methyl/N-ethyl adjacent to an activating group) is 1. The molecule has 1 fully saturated rings. The van der Waals surface area contributed by atoms with Crippen molar-refractivity contribution in [1.29, 1.82) is 0 Å². The summed E-state index contributed by atoms with van der Waals surface area (Å²) in [5.74, 6) is -0.680. The van der Waals surface area contributed by atoms with E-state index < -0.39 is 18.1 Å². The Kier molecular flexibility index (Phi) is 6.22. The van der Waals surface area contributed by atoms with E-state index in [4.69, 9.17) is 4.74 Å². The minimum atomic E-state index is -0.976. The van der Waals surface area contributed by atoms with Crippen molar-refractivity contribution in [2.24, 2.45) is 5.92 Å². The number of rotatable bonds is 5. The lowest BCUT2D eigenvalue weighted by atomic mass is 9.92. The second kappa shape index (κ2) is 7.44. The van der Waals surface area contributed by atoms with Crippen LogP contribution in [-0.4, -0.2) is 78.0 Å². The number of aliphatic hydroxyl groups is 1. The van der Waals surface area contributed by atoms with Gasteiger partial charge < -0.3 is 24.7 Å². The van der Waals surface area contributed by atoms with E-state index in [9.17, 15) is 19.8 Å². The first kappa shape index (κ1) is 16.7. The molecule has 1 heterocycles. The molecule has 0 spiro atoms. The fraction of sp³-hybridized carbons (Fsp3) is 0.846. The molecular formula is C13H24N2O5. The summed E-state index contributed by atoms with van der Waals surface area (Å²) in [6.45, 7) is 2.67. The van der Waals surface area contributed by atoms with Crippen molar-refractivity contribution in [1.82, 2.24) is 9.80 Å². The normalized spacial score (nSPS) is 24.3. The molecule has 2 N–H and O–H groups in total. The zero-order valence-corrected chi connectivity index (χ0v) is 12.3. The molecule has 0 radical (unpaired) electrons. The monoisotopic (exact) mass is 288 g/mol. The average Bonchev–Trinajstić information content (AvgIpc) is 2.37. The third-order valence-corrected chi connectivity index (χ3v) is 3.57. The Bertz CT molecular complexity index is 350. The summed E-state index contributed by atoms with van der Waals surface area (Å²) in [4.78, 5) is 26.3. The molecular weight excluding hydrogens is 264 g/mol. The number of urea groups is 1. The topological polar surface area (TPSA) is 90.3 Å². The summed E-state index contributed by atoms with van der Waals surface area (Å²) in [6, 6.07) is -1.15. The maximum absolute atomic E-state index is 12.3. The highest BCUT2D eigenvalue weighted by atomic mass is 16.5. The summed E-state index contributed by atoms with van der Waals surface area (Å²) in [5, 5.41) is 18.9. The van der Waals surface area contributed by atoms with Gasteiger partial charge in [-0.25, -0.2) is 9.59 Å². The van der Waals surface area contributed by atoms with Gasteiger partial charge in [-0.15, -0.1) is 0 Å². The van der Waals surface area contributed by atoms with Crippen molar-refractivity contribution in [2.75, 3.05) is 33.9 Å². The number of likely N-dealkylation sites (tertiary alicyclic amines) is 1. The third kappa shape index (κ3) is 4.35. The van der Waals surface area contributed by atoms with Crippen molar-refractivity contribution in [3.8, 4) is 0 Å². The molecule has 0 aliphatic carbocycles. The Balaban J connectivity index is 2.66. The van der Waals surface area contributed by atoms with Crippen LogP contribution in [-0.2, 0) is 9.53 Å². The lowest BCUT2D eigenvalue weighted by Crippen LogP contribution is -2.54. The zero-order chi connectivity index (χ0) is 15.3. The number of aliphatic carboxylic acids is 1. The van der Waals surface area contributed by atoms with E-state index in [1.165, 1.54) is 16.9 Å². The molecule has 2 amide bonds. The molecule has 0 aromatic heterocycles. The molecule has 0 aromatic rings. The molecule has 7 nitrogen and oxygen atoms in total. The number of ether oxygens (including phenoxy) is 1. The third-order valence-electron chi connectivity index (χ3n) is 3.57. The second-order valence-electron chi connectivity index (χ2n) is 5.45. The number of hydrogen-bond donors (Lipinski definition) is 2. The number of hydrogen-bond acceptors (Lipinski definition) is 4. The molecule has 1 aliphatic heterocycles. The van der Waals surface area contributed by atoms with Gasteiger partial charge in [0.15, 0.2) is 0 Å². The number of carboxylic acids is 1. The highest BCUT2D eigenvalue weighted by molar-refractivity contribution is 5.82. The number of amides is 2. The van der Waals surface area contributed by atoms with Gasteiger partial charge in [0.1, 0.15) is 6.04 Å². The minimum Gasteiger partial charge on any atom is -0.480 e. The number of carbonyl (C=O) groups is 2. The summed E-state index contributed by atoms with van der Waals surface area (Å²) in [6.07, 6.45) is 0.487. The van der Waals surface area contributed by atoms with Gasteiger partial charge in [0.2, 0.25) is 0 Å². The summed E-state index contributed by atoms with van der Waals surface area (Å²) < 4.78 is 4.81. The smallest absolute Gasteiger partial charge is 0.326 e. The number of carbonyl (C=O) groups excluding carboxylic acids is 1. The SMILES string of the molecule is COCC(O)CN(C)C(=O)N1CCC(C)CC1C(=O)O. The summed E-state index contributed by atoms with van der Waals surface area (Å²) >= 11 is 0. The minimum absolute atomic E-state index is 0.116. The number of methoxy groups -OCH3 is 1. The zero-order valence-electron chi connectivity index (χ0n) is 12.3. The van der Waals surface area contributed by atoms with Gasteiger partial charge in [0, 0.05) is 20.7 Å². The van der Waals surface area contributed by atoms with Crippen LogP contribution >= 0.6 is 0 Å². The van der Waals surface area contributed by atoms with Gasteiger partial charge in [-0.05, 0) is 18.8 Å². The summed E-state index contributed by atoms with van der Waals surface area (Å²) in [7, 11) is 3.02. The van der Waals surface area contributed by atoms with E-state index in [2.05, 4.69) is 0 Å². The van der Waals surface area contributed by atoms with Gasteiger partial charge in [-0.3, -0.25) is 0 Å². The lowest BCUT2D eigenvalue weighted by Gasteiger charge is -2.38. The number of aliphatic hydroxyl groups excluding tert-OH is 1. The molecule has 116 valence electrons.